The van der Waals surface area contributed by atoms with Crippen LogP contribution in [0.3, 0.4) is 0 Å². The molecule has 18 heavy (non-hydrogen) atoms. The quantitative estimate of drug-likeness (QED) is 0.828. The third-order valence-corrected chi connectivity index (χ3v) is 3.52. The fraction of sp³-hybridized carbons (Fsp3) is 0.692. The minimum Gasteiger partial charge on any atom is -0.352 e. The van der Waals surface area contributed by atoms with Crippen LogP contribution in [0.1, 0.15) is 30.5 Å². The molecule has 1 aliphatic rings. The zero-order chi connectivity index (χ0) is 13.0. The van der Waals surface area contributed by atoms with Crippen LogP contribution in [0, 0.1) is 12.8 Å². The Morgan fingerprint density at radius 1 is 1.56 bits per heavy atom. The van der Waals surface area contributed by atoms with Gasteiger partial charge in [-0.3, -0.25) is 9.48 Å². The molecule has 5 heteroatoms. The lowest BCUT2D eigenvalue weighted by atomic mass is 9.94. The van der Waals surface area contributed by atoms with E-state index in [1.807, 2.05) is 20.2 Å². The highest BCUT2D eigenvalue weighted by Gasteiger charge is 2.16. The van der Waals surface area contributed by atoms with Crippen LogP contribution in [0.25, 0.3) is 0 Å². The molecule has 0 radical (unpaired) electrons. The Kier molecular flexibility index (Phi) is 4.36. The summed E-state index contributed by atoms with van der Waals surface area (Å²) in [5.74, 6) is 0.700. The standard InChI is InChI=1S/C13H22N4O/c1-10-12(9-17(2)16-10)8-15-13(18)7-11-3-5-14-6-4-11/h9,11,14H,3-8H2,1-2H3,(H,15,18). The molecule has 2 heterocycles. The van der Waals surface area contributed by atoms with Crippen molar-refractivity contribution in [3.05, 3.63) is 17.5 Å². The van der Waals surface area contributed by atoms with Crippen molar-refractivity contribution >= 4 is 5.91 Å². The topological polar surface area (TPSA) is 59.0 Å². The molecule has 0 aliphatic carbocycles. The smallest absolute Gasteiger partial charge is 0.220 e. The van der Waals surface area contributed by atoms with Crippen LogP contribution in [0.2, 0.25) is 0 Å². The second-order valence-electron chi connectivity index (χ2n) is 5.09. The van der Waals surface area contributed by atoms with Gasteiger partial charge in [0.05, 0.1) is 5.69 Å². The van der Waals surface area contributed by atoms with E-state index in [-0.39, 0.29) is 5.91 Å². The highest BCUT2D eigenvalue weighted by atomic mass is 16.1. The van der Waals surface area contributed by atoms with E-state index in [0.717, 1.165) is 37.2 Å². The van der Waals surface area contributed by atoms with Crippen LogP contribution in [0.5, 0.6) is 0 Å². The number of amides is 1. The van der Waals surface area contributed by atoms with Gasteiger partial charge in [-0.25, -0.2) is 0 Å². The van der Waals surface area contributed by atoms with Crippen LogP contribution in [0.4, 0.5) is 0 Å². The van der Waals surface area contributed by atoms with Crippen molar-refractivity contribution in [2.45, 2.75) is 32.7 Å². The van der Waals surface area contributed by atoms with Crippen LogP contribution in [-0.2, 0) is 18.4 Å². The molecule has 1 saturated heterocycles. The second-order valence-corrected chi connectivity index (χ2v) is 5.09. The number of carbonyl (C=O) groups excluding carboxylic acids is 1. The first kappa shape index (κ1) is 13.1. The molecule has 1 aromatic rings. The van der Waals surface area contributed by atoms with Crippen molar-refractivity contribution in [2.75, 3.05) is 13.1 Å². The normalized spacial score (nSPS) is 16.8. The summed E-state index contributed by atoms with van der Waals surface area (Å²) in [6, 6.07) is 0. The summed E-state index contributed by atoms with van der Waals surface area (Å²) in [5.41, 5.74) is 2.08. The van der Waals surface area contributed by atoms with Gasteiger partial charge in [-0.05, 0) is 38.8 Å². The molecule has 0 aromatic carbocycles. The number of piperidine rings is 1. The number of nitrogens with zero attached hydrogens (tertiary/aromatic N) is 2. The fourth-order valence-electron chi connectivity index (χ4n) is 2.44. The van der Waals surface area contributed by atoms with Crippen molar-refractivity contribution < 1.29 is 4.79 Å². The summed E-state index contributed by atoms with van der Waals surface area (Å²) < 4.78 is 1.78. The average Bonchev–Trinajstić information content (AvgIpc) is 2.66. The Labute approximate surface area is 108 Å². The Hall–Kier alpha value is -1.36. The third-order valence-electron chi connectivity index (χ3n) is 3.52. The summed E-state index contributed by atoms with van der Waals surface area (Å²) in [4.78, 5) is 11.8. The first-order chi connectivity index (χ1) is 8.65. The van der Waals surface area contributed by atoms with Gasteiger partial charge < -0.3 is 10.6 Å². The minimum atomic E-state index is 0.158. The Bertz CT molecular complexity index is 407. The molecule has 0 unspecified atom stereocenters. The van der Waals surface area contributed by atoms with Gasteiger partial charge in [0, 0.05) is 31.8 Å². The van der Waals surface area contributed by atoms with Crippen molar-refractivity contribution in [3.63, 3.8) is 0 Å². The number of hydrogen-bond acceptors (Lipinski definition) is 3. The van der Waals surface area contributed by atoms with Crippen LogP contribution in [-0.4, -0.2) is 28.8 Å². The molecule has 1 fully saturated rings. The van der Waals surface area contributed by atoms with Crippen molar-refractivity contribution in [1.82, 2.24) is 20.4 Å². The summed E-state index contributed by atoms with van der Waals surface area (Å²) in [7, 11) is 1.90. The van der Waals surface area contributed by atoms with Gasteiger partial charge in [0.2, 0.25) is 5.91 Å². The van der Waals surface area contributed by atoms with Crippen LogP contribution >= 0.6 is 0 Å². The number of hydrogen-bond donors (Lipinski definition) is 2. The van der Waals surface area contributed by atoms with E-state index in [9.17, 15) is 4.79 Å². The molecular formula is C13H22N4O. The maximum atomic E-state index is 11.8. The largest absolute Gasteiger partial charge is 0.352 e. The fourth-order valence-corrected chi connectivity index (χ4v) is 2.44. The molecular weight excluding hydrogens is 228 g/mol. The number of carbonyl (C=O) groups is 1. The molecule has 0 spiro atoms. The monoisotopic (exact) mass is 250 g/mol. The average molecular weight is 250 g/mol. The zero-order valence-corrected chi connectivity index (χ0v) is 11.2. The van der Waals surface area contributed by atoms with Crippen molar-refractivity contribution in [1.29, 1.82) is 0 Å². The van der Waals surface area contributed by atoms with Crippen LogP contribution < -0.4 is 10.6 Å². The molecule has 0 saturated carbocycles. The van der Waals surface area contributed by atoms with Crippen molar-refractivity contribution in [2.24, 2.45) is 13.0 Å². The Morgan fingerprint density at radius 3 is 2.89 bits per heavy atom. The summed E-state index contributed by atoms with van der Waals surface area (Å²) in [6.45, 7) is 4.64. The van der Waals surface area contributed by atoms with E-state index in [1.54, 1.807) is 4.68 Å². The number of nitrogens with one attached hydrogen (secondary N) is 2. The first-order valence-electron chi connectivity index (χ1n) is 6.61. The van der Waals surface area contributed by atoms with Crippen LogP contribution in [0.15, 0.2) is 6.20 Å². The number of aryl methyl sites for hydroxylation is 2. The van der Waals surface area contributed by atoms with E-state index in [1.165, 1.54) is 0 Å². The predicted octanol–water partition coefficient (Wildman–Crippen LogP) is 0.734. The molecule has 2 N–H and O–H groups in total. The summed E-state index contributed by atoms with van der Waals surface area (Å²) in [6.07, 6.45) is 4.83. The Balaban J connectivity index is 1.75. The van der Waals surface area contributed by atoms with E-state index in [0.29, 0.717) is 18.9 Å². The molecule has 1 aliphatic heterocycles. The lowest BCUT2D eigenvalue weighted by Crippen LogP contribution is -2.32. The SMILES string of the molecule is Cc1nn(C)cc1CNC(=O)CC1CCNCC1. The predicted molar refractivity (Wildman–Crippen MR) is 70.0 cm³/mol. The van der Waals surface area contributed by atoms with E-state index < -0.39 is 0 Å². The van der Waals surface area contributed by atoms with Gasteiger partial charge in [-0.15, -0.1) is 0 Å². The highest BCUT2D eigenvalue weighted by Crippen LogP contribution is 2.15. The lowest BCUT2D eigenvalue weighted by molar-refractivity contribution is -0.122. The van der Waals surface area contributed by atoms with Gasteiger partial charge in [0.15, 0.2) is 0 Å². The van der Waals surface area contributed by atoms with Crippen molar-refractivity contribution in [3.8, 4) is 0 Å². The van der Waals surface area contributed by atoms with E-state index in [2.05, 4.69) is 15.7 Å². The Morgan fingerprint density at radius 2 is 2.28 bits per heavy atom. The van der Waals surface area contributed by atoms with Gasteiger partial charge in [0.25, 0.3) is 0 Å². The molecule has 2 rings (SSSR count). The molecule has 1 aromatic heterocycles. The first-order valence-corrected chi connectivity index (χ1v) is 6.61. The molecule has 100 valence electrons. The number of rotatable bonds is 4. The maximum absolute atomic E-state index is 11.8. The van der Waals surface area contributed by atoms with Gasteiger partial charge in [-0.2, -0.15) is 5.10 Å². The van der Waals surface area contributed by atoms with Gasteiger partial charge >= 0.3 is 0 Å². The minimum absolute atomic E-state index is 0.158. The van der Waals surface area contributed by atoms with Gasteiger partial charge in [0.1, 0.15) is 0 Å². The van der Waals surface area contributed by atoms with Gasteiger partial charge in [-0.1, -0.05) is 0 Å². The molecule has 0 atom stereocenters. The second kappa shape index (κ2) is 6.00. The summed E-state index contributed by atoms with van der Waals surface area (Å²) >= 11 is 0. The molecule has 1 amide bonds. The summed E-state index contributed by atoms with van der Waals surface area (Å²) in [5, 5.41) is 10.6. The molecule has 5 nitrogen and oxygen atoms in total. The van der Waals surface area contributed by atoms with E-state index in [4.69, 9.17) is 0 Å². The molecule has 0 bridgehead atoms. The number of aromatic nitrogens is 2. The lowest BCUT2D eigenvalue weighted by Gasteiger charge is -2.21. The maximum Gasteiger partial charge on any atom is 0.220 e. The highest BCUT2D eigenvalue weighted by molar-refractivity contribution is 5.76. The van der Waals surface area contributed by atoms with E-state index >= 15 is 0 Å². The zero-order valence-electron chi connectivity index (χ0n) is 11.2. The third kappa shape index (κ3) is 3.57.